The van der Waals surface area contributed by atoms with Crippen molar-refractivity contribution in [1.29, 1.82) is 0 Å². The number of nitrogens with zero attached hydrogens (tertiary/aromatic N) is 2. The second-order valence-electron chi connectivity index (χ2n) is 5.45. The average molecular weight is 345 g/mol. The highest BCUT2D eigenvalue weighted by molar-refractivity contribution is 7.89. The molecule has 1 aromatic heterocycles. The van der Waals surface area contributed by atoms with E-state index in [0.717, 1.165) is 30.8 Å². The van der Waals surface area contributed by atoms with Gasteiger partial charge in [0.25, 0.3) is 0 Å². The molecule has 10 heteroatoms. The van der Waals surface area contributed by atoms with Gasteiger partial charge in [-0.15, -0.1) is 0 Å². The number of aliphatic carboxylic acids is 1. The lowest BCUT2D eigenvalue weighted by atomic mass is 9.99. The van der Waals surface area contributed by atoms with Gasteiger partial charge in [-0.1, -0.05) is 12.8 Å². The lowest BCUT2D eigenvalue weighted by molar-refractivity contribution is -0.140. The van der Waals surface area contributed by atoms with E-state index < -0.39 is 32.9 Å². The number of nitrogens with one attached hydrogen (secondary N) is 1. The van der Waals surface area contributed by atoms with Crippen LogP contribution >= 0.6 is 0 Å². The molecule has 0 aliphatic heterocycles. The molecular formula is C13H19N3O6S. The maximum absolute atomic E-state index is 12.5. The van der Waals surface area contributed by atoms with Gasteiger partial charge in [-0.3, -0.25) is 9.48 Å². The number of aromatic nitrogens is 2. The smallest absolute Gasteiger partial charge is 0.357 e. The zero-order valence-corrected chi connectivity index (χ0v) is 13.7. The molecule has 2 rings (SSSR count). The van der Waals surface area contributed by atoms with E-state index in [9.17, 15) is 23.1 Å². The van der Waals surface area contributed by atoms with Crippen LogP contribution in [0, 0.1) is 5.92 Å². The fraction of sp³-hybridized carbons (Fsp3) is 0.615. The lowest BCUT2D eigenvalue weighted by Crippen LogP contribution is -2.45. The van der Waals surface area contributed by atoms with Crippen molar-refractivity contribution in [3.63, 3.8) is 0 Å². The van der Waals surface area contributed by atoms with Crippen molar-refractivity contribution >= 4 is 22.0 Å². The number of carbonyl (C=O) groups is 2. The first-order valence-corrected chi connectivity index (χ1v) is 8.61. The van der Waals surface area contributed by atoms with Gasteiger partial charge in [0, 0.05) is 7.05 Å². The largest absolute Gasteiger partial charge is 0.480 e. The lowest BCUT2D eigenvalue weighted by Gasteiger charge is -2.20. The Morgan fingerprint density at radius 2 is 2.04 bits per heavy atom. The number of methoxy groups -OCH3 is 1. The Labute approximate surface area is 133 Å². The Kier molecular flexibility index (Phi) is 5.05. The highest BCUT2D eigenvalue weighted by atomic mass is 32.2. The van der Waals surface area contributed by atoms with Crippen LogP contribution in [0.4, 0.5) is 0 Å². The molecule has 2 N–H and O–H groups in total. The predicted molar refractivity (Wildman–Crippen MR) is 78.3 cm³/mol. The fourth-order valence-corrected chi connectivity index (χ4v) is 4.22. The summed E-state index contributed by atoms with van der Waals surface area (Å²) in [4.78, 5) is 22.8. The molecular weight excluding hydrogens is 326 g/mol. The molecule has 1 saturated carbocycles. The van der Waals surface area contributed by atoms with E-state index in [-0.39, 0.29) is 11.6 Å². The summed E-state index contributed by atoms with van der Waals surface area (Å²) in [7, 11) is -1.70. The first-order valence-electron chi connectivity index (χ1n) is 7.13. The van der Waals surface area contributed by atoms with Crippen LogP contribution in [0.1, 0.15) is 36.2 Å². The molecule has 0 bridgehead atoms. The maximum atomic E-state index is 12.5. The zero-order chi connectivity index (χ0) is 17.2. The highest BCUT2D eigenvalue weighted by Crippen LogP contribution is 2.29. The van der Waals surface area contributed by atoms with Gasteiger partial charge in [-0.25, -0.2) is 13.2 Å². The number of carboxylic acids is 1. The molecule has 0 radical (unpaired) electrons. The molecule has 0 aromatic carbocycles. The van der Waals surface area contributed by atoms with E-state index in [0.29, 0.717) is 12.8 Å². The number of hydrogen-bond acceptors (Lipinski definition) is 6. The number of esters is 1. The summed E-state index contributed by atoms with van der Waals surface area (Å²) in [6.07, 6.45) is 4.04. The molecule has 0 saturated heterocycles. The zero-order valence-electron chi connectivity index (χ0n) is 12.9. The molecule has 0 spiro atoms. The van der Waals surface area contributed by atoms with Gasteiger partial charge in [0.15, 0.2) is 5.69 Å². The minimum atomic E-state index is -4.22. The minimum Gasteiger partial charge on any atom is -0.480 e. The number of carboxylic acid groups (broad SMARTS) is 1. The molecule has 128 valence electrons. The average Bonchev–Trinajstić information content (AvgIpc) is 3.13. The van der Waals surface area contributed by atoms with Gasteiger partial charge < -0.3 is 9.84 Å². The molecule has 1 atom stereocenters. The summed E-state index contributed by atoms with van der Waals surface area (Å²) >= 11 is 0. The van der Waals surface area contributed by atoms with Gasteiger partial charge in [-0.2, -0.15) is 9.82 Å². The summed E-state index contributed by atoms with van der Waals surface area (Å²) in [6.45, 7) is 0. The molecule has 1 heterocycles. The van der Waals surface area contributed by atoms with Crippen molar-refractivity contribution in [2.75, 3.05) is 7.11 Å². The minimum absolute atomic E-state index is 0.254. The van der Waals surface area contributed by atoms with Gasteiger partial charge in [0.2, 0.25) is 10.0 Å². The maximum Gasteiger partial charge on any atom is 0.357 e. The van der Waals surface area contributed by atoms with Crippen LogP contribution in [0.2, 0.25) is 0 Å². The monoisotopic (exact) mass is 345 g/mol. The van der Waals surface area contributed by atoms with Crippen LogP contribution in [-0.2, 0) is 26.6 Å². The third-order valence-electron chi connectivity index (χ3n) is 3.99. The van der Waals surface area contributed by atoms with Crippen LogP contribution in [0.25, 0.3) is 0 Å². The van der Waals surface area contributed by atoms with Crippen LogP contribution in [0.15, 0.2) is 11.1 Å². The van der Waals surface area contributed by atoms with Gasteiger partial charge >= 0.3 is 11.9 Å². The number of ether oxygens (including phenoxy) is 1. The summed E-state index contributed by atoms with van der Waals surface area (Å²) in [5.41, 5.74) is -0.254. The molecule has 1 fully saturated rings. The summed E-state index contributed by atoms with van der Waals surface area (Å²) in [5, 5.41) is 13.1. The molecule has 1 aliphatic carbocycles. The summed E-state index contributed by atoms with van der Waals surface area (Å²) < 4.78 is 32.9. The van der Waals surface area contributed by atoms with Crippen LogP contribution < -0.4 is 4.72 Å². The predicted octanol–water partition coefficient (Wildman–Crippen LogP) is 0.128. The standard InChI is InChI=1S/C13H19N3O6S/c1-16-11(13(19)22-2)9(7-14-16)23(20,21)15-10(12(17)18)8-5-3-4-6-8/h7-8,10,15H,3-6H2,1-2H3,(H,17,18)/t10-/m0/s1. The Hall–Kier alpha value is -1.94. The number of rotatable bonds is 6. The van der Waals surface area contributed by atoms with Crippen molar-refractivity contribution in [1.82, 2.24) is 14.5 Å². The van der Waals surface area contributed by atoms with Gasteiger partial charge in [0.05, 0.1) is 13.3 Å². The van der Waals surface area contributed by atoms with E-state index in [1.54, 1.807) is 0 Å². The molecule has 1 aromatic rings. The van der Waals surface area contributed by atoms with Crippen molar-refractivity contribution in [2.24, 2.45) is 13.0 Å². The first kappa shape index (κ1) is 17.4. The van der Waals surface area contributed by atoms with Crippen LogP contribution in [0.5, 0.6) is 0 Å². The Balaban J connectivity index is 2.34. The van der Waals surface area contributed by atoms with Crippen molar-refractivity contribution < 1.29 is 27.9 Å². The van der Waals surface area contributed by atoms with Crippen molar-refractivity contribution in [3.05, 3.63) is 11.9 Å². The van der Waals surface area contributed by atoms with E-state index in [4.69, 9.17) is 0 Å². The number of carbonyl (C=O) groups excluding carboxylic acids is 1. The Bertz CT molecular complexity index is 705. The molecule has 0 unspecified atom stereocenters. The normalized spacial score (nSPS) is 17.1. The molecule has 9 nitrogen and oxygen atoms in total. The van der Waals surface area contributed by atoms with Crippen LogP contribution in [0.3, 0.4) is 0 Å². The van der Waals surface area contributed by atoms with Crippen molar-refractivity contribution in [3.8, 4) is 0 Å². The third-order valence-corrected chi connectivity index (χ3v) is 5.43. The van der Waals surface area contributed by atoms with Crippen LogP contribution in [-0.4, -0.2) is 48.4 Å². The Morgan fingerprint density at radius 3 is 2.57 bits per heavy atom. The topological polar surface area (TPSA) is 128 Å². The fourth-order valence-electron chi connectivity index (χ4n) is 2.81. The van der Waals surface area contributed by atoms with Gasteiger partial charge in [-0.05, 0) is 18.8 Å². The second kappa shape index (κ2) is 6.67. The molecule has 1 aliphatic rings. The number of sulfonamides is 1. The van der Waals surface area contributed by atoms with E-state index in [2.05, 4.69) is 14.6 Å². The quantitative estimate of drug-likeness (QED) is 0.701. The number of aryl methyl sites for hydroxylation is 1. The van der Waals surface area contributed by atoms with E-state index in [1.165, 1.54) is 7.05 Å². The SMILES string of the molecule is COC(=O)c1c(S(=O)(=O)N[C@H](C(=O)O)C2CCCC2)cnn1C. The van der Waals surface area contributed by atoms with E-state index in [1.807, 2.05) is 0 Å². The summed E-state index contributed by atoms with van der Waals surface area (Å²) in [5.74, 6) is -2.36. The van der Waals surface area contributed by atoms with Gasteiger partial charge in [0.1, 0.15) is 10.9 Å². The molecule has 0 amide bonds. The van der Waals surface area contributed by atoms with Crippen molar-refractivity contribution in [2.45, 2.75) is 36.6 Å². The molecule has 23 heavy (non-hydrogen) atoms. The third kappa shape index (κ3) is 3.53. The second-order valence-corrected chi connectivity index (χ2v) is 7.14. The highest BCUT2D eigenvalue weighted by Gasteiger charge is 2.36. The Morgan fingerprint density at radius 1 is 1.43 bits per heavy atom. The number of hydrogen-bond donors (Lipinski definition) is 2. The summed E-state index contributed by atoms with van der Waals surface area (Å²) in [6, 6.07) is -1.23. The first-order chi connectivity index (χ1) is 10.8. The van der Waals surface area contributed by atoms with E-state index >= 15 is 0 Å².